The summed E-state index contributed by atoms with van der Waals surface area (Å²) in [7, 11) is 0. The van der Waals surface area contributed by atoms with Crippen LogP contribution in [0.3, 0.4) is 0 Å². The number of amides is 2. The normalized spacial score (nSPS) is 18.4. The molecule has 2 N–H and O–H groups in total. The van der Waals surface area contributed by atoms with Gasteiger partial charge in [0.1, 0.15) is 11.6 Å². The highest BCUT2D eigenvalue weighted by molar-refractivity contribution is 7.98. The van der Waals surface area contributed by atoms with Crippen LogP contribution in [0.2, 0.25) is 0 Å². The maximum absolute atomic E-state index is 11.9. The van der Waals surface area contributed by atoms with Gasteiger partial charge in [0, 0.05) is 13.0 Å². The average Bonchev–Trinajstić information content (AvgIpc) is 2.80. The van der Waals surface area contributed by atoms with Gasteiger partial charge < -0.3 is 5.73 Å². The van der Waals surface area contributed by atoms with E-state index < -0.39 is 11.8 Å². The Kier molecular flexibility index (Phi) is 3.66. The highest BCUT2D eigenvalue weighted by atomic mass is 32.2. The topological polar surface area (TPSA) is 113 Å². The summed E-state index contributed by atoms with van der Waals surface area (Å²) in [5, 5.41) is 9.50. The van der Waals surface area contributed by atoms with Crippen LogP contribution in [0.15, 0.2) is 11.4 Å². The number of rotatable bonds is 3. The van der Waals surface area contributed by atoms with Gasteiger partial charge in [0.05, 0.1) is 12.1 Å². The second-order valence-electron chi connectivity index (χ2n) is 4.01. The highest BCUT2D eigenvalue weighted by Crippen LogP contribution is 2.27. The Morgan fingerprint density at radius 1 is 1.68 bits per heavy atom. The van der Waals surface area contributed by atoms with E-state index in [0.717, 1.165) is 0 Å². The first-order valence-electron chi connectivity index (χ1n) is 5.47. The molecule has 2 amide bonds. The first kappa shape index (κ1) is 13.3. The van der Waals surface area contributed by atoms with Gasteiger partial charge in [0.2, 0.25) is 11.8 Å². The third-order valence-corrected chi connectivity index (χ3v) is 3.39. The Balaban J connectivity index is 2.39. The van der Waals surface area contributed by atoms with Crippen molar-refractivity contribution in [3.05, 3.63) is 11.8 Å². The number of hydrogen-bond donors (Lipinski definition) is 1. The molecule has 1 fully saturated rings. The number of primary amides is 1. The largest absolute Gasteiger partial charge is 0.369 e. The lowest BCUT2D eigenvalue weighted by molar-refractivity contribution is -0.123. The fraction of sp³-hybridized carbons (Fsp3) is 0.364. The summed E-state index contributed by atoms with van der Waals surface area (Å²) in [6, 6.07) is 1.94. The maximum atomic E-state index is 11.9. The molecule has 0 spiro atoms. The van der Waals surface area contributed by atoms with Crippen molar-refractivity contribution in [2.24, 2.45) is 11.7 Å². The number of anilines is 1. The zero-order valence-corrected chi connectivity index (χ0v) is 11.0. The van der Waals surface area contributed by atoms with Crippen LogP contribution >= 0.6 is 11.8 Å². The molecule has 7 nitrogen and oxygen atoms in total. The van der Waals surface area contributed by atoms with Crippen LogP contribution in [0.5, 0.6) is 0 Å². The van der Waals surface area contributed by atoms with Crippen molar-refractivity contribution in [2.75, 3.05) is 17.7 Å². The number of hydrogen-bond acceptors (Lipinski definition) is 6. The van der Waals surface area contributed by atoms with Gasteiger partial charge in [-0.1, -0.05) is 11.8 Å². The smallest absolute Gasteiger partial charge is 0.229 e. The van der Waals surface area contributed by atoms with Crippen molar-refractivity contribution < 1.29 is 9.59 Å². The monoisotopic (exact) mass is 277 g/mol. The van der Waals surface area contributed by atoms with E-state index in [4.69, 9.17) is 11.0 Å². The molecule has 0 bridgehead atoms. The predicted octanol–water partition coefficient (Wildman–Crippen LogP) is -0.0916. The fourth-order valence-corrected chi connectivity index (χ4v) is 2.18. The van der Waals surface area contributed by atoms with Gasteiger partial charge in [0.15, 0.2) is 11.0 Å². The SMILES string of the molecule is CSc1ncc(C#N)c(N2CC(C(N)=O)CC2=O)n1. The van der Waals surface area contributed by atoms with E-state index >= 15 is 0 Å². The molecule has 1 saturated heterocycles. The molecule has 19 heavy (non-hydrogen) atoms. The van der Waals surface area contributed by atoms with Crippen LogP contribution in [0.4, 0.5) is 5.82 Å². The van der Waals surface area contributed by atoms with E-state index in [2.05, 4.69) is 9.97 Å². The first-order valence-corrected chi connectivity index (χ1v) is 6.70. The Morgan fingerprint density at radius 3 is 2.95 bits per heavy atom. The molecule has 0 radical (unpaired) electrons. The highest BCUT2D eigenvalue weighted by Gasteiger charge is 2.35. The van der Waals surface area contributed by atoms with E-state index in [1.54, 1.807) is 6.26 Å². The van der Waals surface area contributed by atoms with Crippen LogP contribution in [0.25, 0.3) is 0 Å². The molecule has 8 heteroatoms. The van der Waals surface area contributed by atoms with Crippen molar-refractivity contribution in [1.82, 2.24) is 9.97 Å². The van der Waals surface area contributed by atoms with Gasteiger partial charge in [-0.2, -0.15) is 5.26 Å². The summed E-state index contributed by atoms with van der Waals surface area (Å²) in [4.78, 5) is 32.5. The van der Waals surface area contributed by atoms with E-state index in [-0.39, 0.29) is 30.3 Å². The average molecular weight is 277 g/mol. The second-order valence-corrected chi connectivity index (χ2v) is 4.79. The first-order chi connectivity index (χ1) is 9.06. The standard InChI is InChI=1S/C11H11N5O2S/c1-19-11-14-4-7(3-12)10(15-11)16-5-6(9(13)18)2-8(16)17/h4,6H,2,5H2,1H3,(H2,13,18). The Bertz CT molecular complexity index is 583. The van der Waals surface area contributed by atoms with Crippen molar-refractivity contribution >= 4 is 29.4 Å². The predicted molar refractivity (Wildman–Crippen MR) is 68.2 cm³/mol. The summed E-state index contributed by atoms with van der Waals surface area (Å²) < 4.78 is 0. The molecule has 1 aromatic heterocycles. The molecule has 0 aromatic carbocycles. The van der Waals surface area contributed by atoms with Crippen molar-refractivity contribution in [2.45, 2.75) is 11.6 Å². The molecule has 98 valence electrons. The summed E-state index contributed by atoms with van der Waals surface area (Å²) in [5.41, 5.74) is 5.41. The molecule has 1 aromatic rings. The number of thioether (sulfide) groups is 1. The molecule has 1 aliphatic rings. The van der Waals surface area contributed by atoms with Crippen molar-refractivity contribution in [1.29, 1.82) is 5.26 Å². The quantitative estimate of drug-likeness (QED) is 0.610. The molecular weight excluding hydrogens is 266 g/mol. The minimum atomic E-state index is -0.535. The molecular formula is C11H11N5O2S. The van der Waals surface area contributed by atoms with E-state index in [1.807, 2.05) is 6.07 Å². The number of aromatic nitrogens is 2. The van der Waals surface area contributed by atoms with Gasteiger partial charge in [-0.05, 0) is 6.26 Å². The maximum Gasteiger partial charge on any atom is 0.229 e. The van der Waals surface area contributed by atoms with Crippen LogP contribution in [-0.4, -0.2) is 34.6 Å². The third-order valence-electron chi connectivity index (χ3n) is 2.83. The zero-order chi connectivity index (χ0) is 14.0. The van der Waals surface area contributed by atoms with Crippen LogP contribution in [0, 0.1) is 17.2 Å². The Hall–Kier alpha value is -2.14. The van der Waals surface area contributed by atoms with E-state index in [1.165, 1.54) is 22.9 Å². The van der Waals surface area contributed by atoms with Gasteiger partial charge in [-0.15, -0.1) is 0 Å². The van der Waals surface area contributed by atoms with Crippen molar-refractivity contribution in [3.63, 3.8) is 0 Å². The molecule has 1 atom stereocenters. The number of carbonyl (C=O) groups is 2. The minimum absolute atomic E-state index is 0.0544. The minimum Gasteiger partial charge on any atom is -0.369 e. The molecule has 0 aliphatic carbocycles. The molecule has 0 saturated carbocycles. The lowest BCUT2D eigenvalue weighted by Crippen LogP contribution is -2.29. The van der Waals surface area contributed by atoms with Gasteiger partial charge in [-0.25, -0.2) is 9.97 Å². The van der Waals surface area contributed by atoms with Gasteiger partial charge in [-0.3, -0.25) is 14.5 Å². The summed E-state index contributed by atoms with van der Waals surface area (Å²) >= 11 is 1.31. The molecule has 2 heterocycles. The van der Waals surface area contributed by atoms with Gasteiger partial charge in [0.25, 0.3) is 0 Å². The molecule has 1 unspecified atom stereocenters. The number of carbonyl (C=O) groups excluding carboxylic acids is 2. The molecule has 1 aliphatic heterocycles. The van der Waals surface area contributed by atoms with E-state index in [9.17, 15) is 9.59 Å². The summed E-state index contributed by atoms with van der Waals surface area (Å²) in [5.74, 6) is -1.07. The number of nitriles is 1. The summed E-state index contributed by atoms with van der Waals surface area (Å²) in [6.45, 7) is 0.160. The second kappa shape index (κ2) is 5.24. The van der Waals surface area contributed by atoms with Crippen LogP contribution < -0.4 is 10.6 Å². The van der Waals surface area contributed by atoms with E-state index in [0.29, 0.717) is 5.16 Å². The summed E-state index contributed by atoms with van der Waals surface area (Å²) in [6.07, 6.45) is 3.22. The Morgan fingerprint density at radius 2 is 2.42 bits per heavy atom. The van der Waals surface area contributed by atoms with Gasteiger partial charge >= 0.3 is 0 Å². The Labute approximate surface area is 113 Å². The van der Waals surface area contributed by atoms with Crippen LogP contribution in [-0.2, 0) is 9.59 Å². The third kappa shape index (κ3) is 2.51. The zero-order valence-electron chi connectivity index (χ0n) is 10.2. The van der Waals surface area contributed by atoms with Crippen molar-refractivity contribution in [3.8, 4) is 6.07 Å². The lowest BCUT2D eigenvalue weighted by atomic mass is 10.1. The fourth-order valence-electron chi connectivity index (χ4n) is 1.84. The number of nitrogens with zero attached hydrogens (tertiary/aromatic N) is 4. The van der Waals surface area contributed by atoms with Crippen LogP contribution in [0.1, 0.15) is 12.0 Å². The number of nitrogens with two attached hydrogens (primary N) is 1. The molecule has 2 rings (SSSR count). The lowest BCUT2D eigenvalue weighted by Gasteiger charge is -2.16.